The number of anilines is 1. The number of para-hydroxylation sites is 1. The summed E-state index contributed by atoms with van der Waals surface area (Å²) in [5, 5.41) is 14.3. The van der Waals surface area contributed by atoms with Crippen LogP contribution in [0, 0.1) is 10.1 Å². The predicted octanol–water partition coefficient (Wildman–Crippen LogP) is 5.25. The Morgan fingerprint density at radius 3 is 2.62 bits per heavy atom. The first kappa shape index (κ1) is 22.8. The molecule has 3 aromatic carbocycles. The number of ketones is 1. The zero-order valence-corrected chi connectivity index (χ0v) is 18.5. The number of methoxy groups -OCH3 is 1. The Morgan fingerprint density at radius 1 is 1.09 bits per heavy atom. The summed E-state index contributed by atoms with van der Waals surface area (Å²) in [6.07, 6.45) is 0. The van der Waals surface area contributed by atoms with Crippen molar-refractivity contribution in [2.75, 3.05) is 19.0 Å². The van der Waals surface area contributed by atoms with Gasteiger partial charge in [-0.25, -0.2) is 0 Å². The van der Waals surface area contributed by atoms with Gasteiger partial charge in [0.25, 0.3) is 11.6 Å². The van der Waals surface area contributed by atoms with Crippen molar-refractivity contribution >= 4 is 45.6 Å². The number of carbonyl (C=O) groups excluding carboxylic acids is 2. The molecule has 0 saturated carbocycles. The van der Waals surface area contributed by atoms with E-state index in [0.717, 1.165) is 0 Å². The average Bonchev–Trinajstić information content (AvgIpc) is 3.20. The molecule has 0 unspecified atom stereocenters. The van der Waals surface area contributed by atoms with E-state index in [1.54, 1.807) is 30.3 Å². The number of hydrogen-bond donors (Lipinski definition) is 1. The van der Waals surface area contributed by atoms with Crippen LogP contribution in [0.15, 0.2) is 71.1 Å². The van der Waals surface area contributed by atoms with Crippen molar-refractivity contribution in [3.63, 3.8) is 0 Å². The Kier molecular flexibility index (Phi) is 6.46. The van der Waals surface area contributed by atoms with E-state index in [1.165, 1.54) is 43.5 Å². The number of nitrogens with zero attached hydrogens (tertiary/aromatic N) is 1. The van der Waals surface area contributed by atoms with Gasteiger partial charge in [0.1, 0.15) is 17.1 Å². The highest BCUT2D eigenvalue weighted by molar-refractivity contribution is 6.32. The van der Waals surface area contributed by atoms with Crippen molar-refractivity contribution < 1.29 is 28.4 Å². The Bertz CT molecular complexity index is 1410. The van der Waals surface area contributed by atoms with E-state index < -0.39 is 23.2 Å². The second-order valence-corrected chi connectivity index (χ2v) is 7.48. The van der Waals surface area contributed by atoms with Crippen molar-refractivity contribution in [1.82, 2.24) is 0 Å². The monoisotopic (exact) mass is 480 g/mol. The van der Waals surface area contributed by atoms with E-state index in [-0.39, 0.29) is 33.5 Å². The number of fused-ring (bicyclic) bond motifs is 1. The Labute approximate surface area is 198 Å². The number of non-ortho nitro benzene ring substituents is 1. The number of benzene rings is 3. The van der Waals surface area contributed by atoms with Crippen molar-refractivity contribution in [1.29, 1.82) is 0 Å². The molecule has 0 radical (unpaired) electrons. The van der Waals surface area contributed by atoms with Gasteiger partial charge in [0.15, 0.2) is 12.4 Å². The normalized spacial score (nSPS) is 10.6. The zero-order valence-electron chi connectivity index (χ0n) is 17.7. The van der Waals surface area contributed by atoms with Gasteiger partial charge in [0.2, 0.25) is 5.78 Å². The molecular formula is C24H17ClN2O7. The smallest absolute Gasteiger partial charge is 0.273 e. The lowest BCUT2D eigenvalue weighted by Gasteiger charge is -2.09. The van der Waals surface area contributed by atoms with Gasteiger partial charge in [0, 0.05) is 17.0 Å². The lowest BCUT2D eigenvalue weighted by atomic mass is 10.1. The molecule has 0 aliphatic rings. The molecule has 0 aliphatic carbocycles. The van der Waals surface area contributed by atoms with Crippen LogP contribution in [0.25, 0.3) is 11.0 Å². The van der Waals surface area contributed by atoms with Crippen LogP contribution in [0.2, 0.25) is 5.02 Å². The van der Waals surface area contributed by atoms with E-state index in [0.29, 0.717) is 16.7 Å². The SMILES string of the molecule is COc1ccc(C(=O)c2oc3ccccc3c2NC(=O)COc2cccc([N+](=O)[O-])c2)cc1Cl. The summed E-state index contributed by atoms with van der Waals surface area (Å²) in [6.45, 7) is -0.442. The summed E-state index contributed by atoms with van der Waals surface area (Å²) >= 11 is 6.16. The number of ether oxygens (including phenoxy) is 2. The summed E-state index contributed by atoms with van der Waals surface area (Å²) in [5.41, 5.74) is 0.665. The van der Waals surface area contributed by atoms with Crippen molar-refractivity contribution in [3.8, 4) is 11.5 Å². The molecule has 0 atom stereocenters. The van der Waals surface area contributed by atoms with Crippen LogP contribution >= 0.6 is 11.6 Å². The first-order valence-electron chi connectivity index (χ1n) is 9.94. The fourth-order valence-electron chi connectivity index (χ4n) is 3.28. The van der Waals surface area contributed by atoms with Crippen LogP contribution in [0.5, 0.6) is 11.5 Å². The fraction of sp³-hybridized carbons (Fsp3) is 0.0833. The standard InChI is InChI=1S/C24H17ClN2O7/c1-32-20-10-9-14(11-18(20)25)23(29)24-22(17-7-2-3-8-19(17)34-24)26-21(28)13-33-16-6-4-5-15(12-16)27(30)31/h2-12H,13H2,1H3,(H,26,28). The number of amides is 1. The fourth-order valence-corrected chi connectivity index (χ4v) is 3.54. The van der Waals surface area contributed by atoms with Crippen LogP contribution in [-0.4, -0.2) is 30.3 Å². The van der Waals surface area contributed by atoms with E-state index in [4.69, 9.17) is 25.5 Å². The van der Waals surface area contributed by atoms with E-state index >= 15 is 0 Å². The minimum atomic E-state index is -0.583. The zero-order chi connectivity index (χ0) is 24.2. The highest BCUT2D eigenvalue weighted by Crippen LogP contribution is 2.34. The summed E-state index contributed by atoms with van der Waals surface area (Å²) in [6, 6.07) is 16.9. The first-order valence-corrected chi connectivity index (χ1v) is 10.3. The van der Waals surface area contributed by atoms with E-state index in [9.17, 15) is 19.7 Å². The van der Waals surface area contributed by atoms with Gasteiger partial charge in [-0.2, -0.15) is 0 Å². The van der Waals surface area contributed by atoms with Gasteiger partial charge in [-0.05, 0) is 36.4 Å². The maximum atomic E-state index is 13.2. The molecule has 1 amide bonds. The maximum absolute atomic E-state index is 13.2. The van der Waals surface area contributed by atoms with Gasteiger partial charge < -0.3 is 19.2 Å². The third-order valence-electron chi connectivity index (χ3n) is 4.88. The molecule has 172 valence electrons. The lowest BCUT2D eigenvalue weighted by molar-refractivity contribution is -0.384. The Balaban J connectivity index is 1.59. The topological polar surface area (TPSA) is 121 Å². The number of rotatable bonds is 8. The van der Waals surface area contributed by atoms with Gasteiger partial charge in [-0.1, -0.05) is 29.8 Å². The second kappa shape index (κ2) is 9.63. The Morgan fingerprint density at radius 2 is 1.88 bits per heavy atom. The predicted molar refractivity (Wildman–Crippen MR) is 125 cm³/mol. The molecule has 0 spiro atoms. The molecule has 4 rings (SSSR count). The molecule has 1 heterocycles. The minimum absolute atomic E-state index is 0.0777. The molecule has 1 N–H and O–H groups in total. The van der Waals surface area contributed by atoms with Gasteiger partial charge >= 0.3 is 0 Å². The van der Waals surface area contributed by atoms with Crippen LogP contribution in [0.4, 0.5) is 11.4 Å². The molecule has 0 saturated heterocycles. The number of hydrogen-bond acceptors (Lipinski definition) is 7. The number of nitrogens with one attached hydrogen (secondary N) is 1. The van der Waals surface area contributed by atoms with Crippen LogP contribution in [0.1, 0.15) is 16.1 Å². The lowest BCUT2D eigenvalue weighted by Crippen LogP contribution is -2.21. The van der Waals surface area contributed by atoms with Gasteiger partial charge in [0.05, 0.1) is 28.8 Å². The highest BCUT2D eigenvalue weighted by Gasteiger charge is 2.24. The van der Waals surface area contributed by atoms with E-state index in [2.05, 4.69) is 5.32 Å². The molecule has 0 aliphatic heterocycles. The number of carbonyl (C=O) groups is 2. The van der Waals surface area contributed by atoms with Gasteiger partial charge in [-0.15, -0.1) is 0 Å². The third kappa shape index (κ3) is 4.69. The Hall–Kier alpha value is -4.37. The number of nitro benzene ring substituents is 1. The molecule has 34 heavy (non-hydrogen) atoms. The number of halogens is 1. The third-order valence-corrected chi connectivity index (χ3v) is 5.17. The summed E-state index contributed by atoms with van der Waals surface area (Å²) in [5.74, 6) is -0.582. The quantitative estimate of drug-likeness (QED) is 0.207. The van der Waals surface area contributed by atoms with Crippen molar-refractivity contribution in [2.45, 2.75) is 0 Å². The van der Waals surface area contributed by atoms with E-state index in [1.807, 2.05) is 0 Å². The van der Waals surface area contributed by atoms with Gasteiger partial charge in [-0.3, -0.25) is 19.7 Å². The summed E-state index contributed by atoms with van der Waals surface area (Å²) < 4.78 is 16.3. The number of furan rings is 1. The molecule has 1 aromatic heterocycles. The van der Waals surface area contributed by atoms with Crippen molar-refractivity contribution in [2.24, 2.45) is 0 Å². The molecule has 4 aromatic rings. The largest absolute Gasteiger partial charge is 0.495 e. The second-order valence-electron chi connectivity index (χ2n) is 7.07. The van der Waals surface area contributed by atoms with Crippen molar-refractivity contribution in [3.05, 3.63) is 93.2 Å². The van der Waals surface area contributed by atoms with Crippen LogP contribution in [-0.2, 0) is 4.79 Å². The molecule has 0 bridgehead atoms. The maximum Gasteiger partial charge on any atom is 0.273 e. The summed E-state index contributed by atoms with van der Waals surface area (Å²) in [7, 11) is 1.46. The summed E-state index contributed by atoms with van der Waals surface area (Å²) in [4.78, 5) is 36.2. The highest BCUT2D eigenvalue weighted by atomic mass is 35.5. The first-order chi connectivity index (χ1) is 16.4. The minimum Gasteiger partial charge on any atom is -0.495 e. The molecular weight excluding hydrogens is 464 g/mol. The number of nitro groups is 1. The molecule has 10 heteroatoms. The van der Waals surface area contributed by atoms with Crippen LogP contribution in [0.3, 0.4) is 0 Å². The van der Waals surface area contributed by atoms with Crippen LogP contribution < -0.4 is 14.8 Å². The molecule has 0 fully saturated rings. The molecule has 9 nitrogen and oxygen atoms in total. The average molecular weight is 481 g/mol.